The maximum absolute atomic E-state index is 12.5. The highest BCUT2D eigenvalue weighted by Gasteiger charge is 2.39. The molecule has 1 saturated carbocycles. The summed E-state index contributed by atoms with van der Waals surface area (Å²) in [6.07, 6.45) is 9.41. The molecular formula is C17H33ClN2O3. The van der Waals surface area contributed by atoms with Gasteiger partial charge in [-0.25, -0.2) is 0 Å². The van der Waals surface area contributed by atoms with Crippen molar-refractivity contribution in [3.63, 3.8) is 0 Å². The third kappa shape index (κ3) is 6.57. The Labute approximate surface area is 146 Å². The zero-order valence-electron chi connectivity index (χ0n) is 14.4. The van der Waals surface area contributed by atoms with E-state index in [0.717, 1.165) is 39.0 Å². The van der Waals surface area contributed by atoms with Gasteiger partial charge in [-0.05, 0) is 45.2 Å². The maximum Gasteiger partial charge on any atom is 0.228 e. The van der Waals surface area contributed by atoms with E-state index < -0.39 is 0 Å². The number of hydrogen-bond acceptors (Lipinski definition) is 4. The molecule has 2 N–H and O–H groups in total. The summed E-state index contributed by atoms with van der Waals surface area (Å²) in [6, 6.07) is 0. The normalized spacial score (nSPS) is 21.4. The molecule has 1 heterocycles. The second-order valence-corrected chi connectivity index (χ2v) is 6.70. The number of ether oxygens (including phenoxy) is 2. The van der Waals surface area contributed by atoms with E-state index in [9.17, 15) is 4.79 Å². The molecule has 0 spiro atoms. The first-order chi connectivity index (χ1) is 10.8. The molecule has 1 aliphatic heterocycles. The van der Waals surface area contributed by atoms with Crippen LogP contribution in [0.25, 0.3) is 0 Å². The third-order valence-electron chi connectivity index (χ3n) is 4.98. The van der Waals surface area contributed by atoms with Gasteiger partial charge in [0.1, 0.15) is 0 Å². The van der Waals surface area contributed by atoms with E-state index in [-0.39, 0.29) is 23.7 Å². The first kappa shape index (κ1) is 20.7. The van der Waals surface area contributed by atoms with Crippen LogP contribution >= 0.6 is 12.4 Å². The third-order valence-corrected chi connectivity index (χ3v) is 4.98. The molecule has 0 radical (unpaired) electrons. The van der Waals surface area contributed by atoms with Crippen LogP contribution in [0.3, 0.4) is 0 Å². The lowest BCUT2D eigenvalue weighted by Crippen LogP contribution is -2.50. The lowest BCUT2D eigenvalue weighted by molar-refractivity contribution is -0.136. The van der Waals surface area contributed by atoms with E-state index in [0.29, 0.717) is 19.3 Å². The molecule has 136 valence electrons. The highest BCUT2D eigenvalue weighted by atomic mass is 35.5. The van der Waals surface area contributed by atoms with Gasteiger partial charge in [0.15, 0.2) is 0 Å². The van der Waals surface area contributed by atoms with Crippen LogP contribution in [-0.4, -0.2) is 52.0 Å². The quantitative estimate of drug-likeness (QED) is 0.661. The summed E-state index contributed by atoms with van der Waals surface area (Å²) in [5, 5.41) is 6.40. The average molecular weight is 349 g/mol. The zero-order chi connectivity index (χ0) is 15.7. The van der Waals surface area contributed by atoms with Crippen LogP contribution in [0.4, 0.5) is 0 Å². The van der Waals surface area contributed by atoms with E-state index in [1.54, 1.807) is 7.11 Å². The van der Waals surface area contributed by atoms with Crippen LogP contribution < -0.4 is 10.6 Å². The van der Waals surface area contributed by atoms with Crippen molar-refractivity contribution in [3.8, 4) is 0 Å². The molecule has 23 heavy (non-hydrogen) atoms. The van der Waals surface area contributed by atoms with E-state index in [1.807, 2.05) is 0 Å². The number of halogens is 1. The van der Waals surface area contributed by atoms with E-state index in [4.69, 9.17) is 9.47 Å². The predicted octanol–water partition coefficient (Wildman–Crippen LogP) is 2.28. The van der Waals surface area contributed by atoms with Gasteiger partial charge >= 0.3 is 0 Å². The number of piperidine rings is 1. The van der Waals surface area contributed by atoms with Crippen LogP contribution in [0.15, 0.2) is 0 Å². The molecule has 0 aromatic carbocycles. The molecule has 0 atom stereocenters. The summed E-state index contributed by atoms with van der Waals surface area (Å²) in [6.45, 7) is 3.75. The Kier molecular flexibility index (Phi) is 10.1. The SMILES string of the molecule is COCC1(C(=O)NCCCOC2CCCCC2)CCNCC1.Cl. The minimum absolute atomic E-state index is 0. The van der Waals surface area contributed by atoms with Gasteiger partial charge in [-0.1, -0.05) is 19.3 Å². The molecule has 0 unspecified atom stereocenters. The molecule has 2 rings (SSSR count). The largest absolute Gasteiger partial charge is 0.384 e. The van der Waals surface area contributed by atoms with Crippen LogP contribution in [0.5, 0.6) is 0 Å². The number of hydrogen-bond donors (Lipinski definition) is 2. The standard InChI is InChI=1S/C17H32N2O3.ClH/c1-21-14-17(8-11-18-12-9-17)16(20)19-10-5-13-22-15-6-3-2-4-7-15;/h15,18H,2-14H2,1H3,(H,19,20);1H. The Hall–Kier alpha value is -0.360. The van der Waals surface area contributed by atoms with Gasteiger partial charge in [0.25, 0.3) is 0 Å². The minimum Gasteiger partial charge on any atom is -0.384 e. The van der Waals surface area contributed by atoms with Crippen molar-refractivity contribution in [2.45, 2.75) is 57.5 Å². The number of amides is 1. The molecule has 5 nitrogen and oxygen atoms in total. The lowest BCUT2D eigenvalue weighted by Gasteiger charge is -2.35. The van der Waals surface area contributed by atoms with Crippen molar-refractivity contribution >= 4 is 18.3 Å². The second-order valence-electron chi connectivity index (χ2n) is 6.70. The Morgan fingerprint density at radius 3 is 2.57 bits per heavy atom. The van der Waals surface area contributed by atoms with E-state index in [2.05, 4.69) is 10.6 Å². The van der Waals surface area contributed by atoms with Gasteiger partial charge in [0, 0.05) is 20.3 Å². The molecule has 6 heteroatoms. The molecule has 0 aromatic rings. The van der Waals surface area contributed by atoms with Crippen LogP contribution in [0.2, 0.25) is 0 Å². The van der Waals surface area contributed by atoms with Gasteiger partial charge in [-0.3, -0.25) is 4.79 Å². The van der Waals surface area contributed by atoms with Crippen molar-refractivity contribution in [1.29, 1.82) is 0 Å². The Bertz CT molecular complexity index is 324. The summed E-state index contributed by atoms with van der Waals surface area (Å²) in [5.74, 6) is 0.147. The predicted molar refractivity (Wildman–Crippen MR) is 94.1 cm³/mol. The Balaban J connectivity index is 0.00000264. The smallest absolute Gasteiger partial charge is 0.228 e. The Morgan fingerprint density at radius 1 is 1.22 bits per heavy atom. The molecule has 1 aliphatic carbocycles. The number of nitrogens with one attached hydrogen (secondary N) is 2. The Morgan fingerprint density at radius 2 is 1.91 bits per heavy atom. The molecule has 0 aromatic heterocycles. The molecule has 2 aliphatic rings. The summed E-state index contributed by atoms with van der Waals surface area (Å²) in [4.78, 5) is 12.5. The molecular weight excluding hydrogens is 316 g/mol. The lowest BCUT2D eigenvalue weighted by atomic mass is 9.78. The number of rotatable bonds is 8. The van der Waals surface area contributed by atoms with Crippen molar-refractivity contribution in [2.24, 2.45) is 5.41 Å². The highest BCUT2D eigenvalue weighted by Crippen LogP contribution is 2.29. The monoisotopic (exact) mass is 348 g/mol. The molecule has 1 saturated heterocycles. The summed E-state index contributed by atoms with van der Waals surface area (Å²) < 4.78 is 11.2. The van der Waals surface area contributed by atoms with Crippen molar-refractivity contribution < 1.29 is 14.3 Å². The van der Waals surface area contributed by atoms with Crippen molar-refractivity contribution in [3.05, 3.63) is 0 Å². The molecule has 1 amide bonds. The van der Waals surface area contributed by atoms with E-state index >= 15 is 0 Å². The first-order valence-corrected chi connectivity index (χ1v) is 8.86. The van der Waals surface area contributed by atoms with Crippen LogP contribution in [-0.2, 0) is 14.3 Å². The fraction of sp³-hybridized carbons (Fsp3) is 0.941. The number of methoxy groups -OCH3 is 1. The number of carbonyl (C=O) groups excluding carboxylic acids is 1. The van der Waals surface area contributed by atoms with Crippen LogP contribution in [0, 0.1) is 5.41 Å². The van der Waals surface area contributed by atoms with E-state index in [1.165, 1.54) is 32.1 Å². The van der Waals surface area contributed by atoms with Gasteiger partial charge in [-0.15, -0.1) is 12.4 Å². The van der Waals surface area contributed by atoms with Gasteiger partial charge in [-0.2, -0.15) is 0 Å². The average Bonchev–Trinajstić information content (AvgIpc) is 2.56. The van der Waals surface area contributed by atoms with Gasteiger partial charge in [0.05, 0.1) is 18.1 Å². The zero-order valence-corrected chi connectivity index (χ0v) is 15.2. The fourth-order valence-corrected chi connectivity index (χ4v) is 3.56. The first-order valence-electron chi connectivity index (χ1n) is 8.86. The number of carbonyl (C=O) groups is 1. The summed E-state index contributed by atoms with van der Waals surface area (Å²) >= 11 is 0. The van der Waals surface area contributed by atoms with Crippen molar-refractivity contribution in [2.75, 3.05) is 40.0 Å². The van der Waals surface area contributed by atoms with Gasteiger partial charge < -0.3 is 20.1 Å². The fourth-order valence-electron chi connectivity index (χ4n) is 3.56. The van der Waals surface area contributed by atoms with Crippen LogP contribution in [0.1, 0.15) is 51.4 Å². The minimum atomic E-state index is -0.343. The molecule has 0 bridgehead atoms. The summed E-state index contributed by atoms with van der Waals surface area (Å²) in [7, 11) is 1.68. The van der Waals surface area contributed by atoms with Gasteiger partial charge in [0.2, 0.25) is 5.91 Å². The summed E-state index contributed by atoms with van der Waals surface area (Å²) in [5.41, 5.74) is -0.343. The van der Waals surface area contributed by atoms with Crippen molar-refractivity contribution in [1.82, 2.24) is 10.6 Å². The second kappa shape index (κ2) is 11.2. The topological polar surface area (TPSA) is 59.6 Å². The maximum atomic E-state index is 12.5. The highest BCUT2D eigenvalue weighted by molar-refractivity contribution is 5.85. The molecule has 2 fully saturated rings.